The third-order valence-electron chi connectivity index (χ3n) is 5.05. The molecule has 0 unspecified atom stereocenters. The Balaban J connectivity index is 1.62. The van der Waals surface area contributed by atoms with Crippen LogP contribution in [0.1, 0.15) is 12.5 Å². The average molecular weight is 445 g/mol. The standard InChI is InChI=1S/C21H24N4O5S/c1-2-23-12-14-24(15-13-23)31(29,30)20-9-7-18(8-10-20)22-21(26)11-6-17-4-3-5-19(16-17)25(27)28/h3-11,16H,2,12-15H2,1H3,(H,22,26)/b11-6+. The summed E-state index contributed by atoms with van der Waals surface area (Å²) in [6.45, 7) is 5.28. The SMILES string of the molecule is CCN1CCN(S(=O)(=O)c2ccc(NC(=O)/C=C/c3cccc([N+](=O)[O-])c3)cc2)CC1. The molecule has 0 bridgehead atoms. The summed E-state index contributed by atoms with van der Waals surface area (Å²) in [5.74, 6) is -0.433. The molecule has 0 aromatic heterocycles. The van der Waals surface area contributed by atoms with Crippen LogP contribution in [0.5, 0.6) is 0 Å². The maximum absolute atomic E-state index is 12.8. The number of likely N-dealkylation sites (N-methyl/N-ethyl adjacent to an activating group) is 1. The summed E-state index contributed by atoms with van der Waals surface area (Å²) >= 11 is 0. The predicted molar refractivity (Wildman–Crippen MR) is 118 cm³/mol. The van der Waals surface area contributed by atoms with Gasteiger partial charge in [-0.05, 0) is 42.4 Å². The largest absolute Gasteiger partial charge is 0.323 e. The van der Waals surface area contributed by atoms with E-state index in [1.165, 1.54) is 58.9 Å². The maximum atomic E-state index is 12.8. The highest BCUT2D eigenvalue weighted by Crippen LogP contribution is 2.20. The molecule has 2 aromatic rings. The topological polar surface area (TPSA) is 113 Å². The van der Waals surface area contributed by atoms with E-state index >= 15 is 0 Å². The number of rotatable bonds is 7. The van der Waals surface area contributed by atoms with Crippen LogP contribution in [0.4, 0.5) is 11.4 Å². The molecule has 2 aromatic carbocycles. The minimum atomic E-state index is -3.57. The fourth-order valence-electron chi connectivity index (χ4n) is 3.24. The number of hydrogen-bond donors (Lipinski definition) is 1. The molecule has 0 atom stereocenters. The second-order valence-corrected chi connectivity index (χ2v) is 8.98. The minimum Gasteiger partial charge on any atom is -0.323 e. The first-order valence-electron chi connectivity index (χ1n) is 9.85. The van der Waals surface area contributed by atoms with Crippen LogP contribution in [0, 0.1) is 10.1 Å². The highest BCUT2D eigenvalue weighted by Gasteiger charge is 2.27. The smallest absolute Gasteiger partial charge is 0.270 e. The van der Waals surface area contributed by atoms with Crippen molar-refractivity contribution in [3.05, 3.63) is 70.3 Å². The van der Waals surface area contributed by atoms with Crippen molar-refractivity contribution in [3.8, 4) is 0 Å². The summed E-state index contributed by atoms with van der Waals surface area (Å²) < 4.78 is 27.1. The lowest BCUT2D eigenvalue weighted by molar-refractivity contribution is -0.384. The zero-order valence-corrected chi connectivity index (χ0v) is 17.9. The number of amides is 1. The number of anilines is 1. The normalized spacial score (nSPS) is 15.8. The quantitative estimate of drug-likeness (QED) is 0.399. The monoisotopic (exact) mass is 444 g/mol. The molecule has 1 saturated heterocycles. The zero-order chi connectivity index (χ0) is 22.4. The first-order chi connectivity index (χ1) is 14.8. The van der Waals surface area contributed by atoms with E-state index in [-0.39, 0.29) is 10.6 Å². The summed E-state index contributed by atoms with van der Waals surface area (Å²) in [6.07, 6.45) is 2.73. The molecule has 9 nitrogen and oxygen atoms in total. The van der Waals surface area contributed by atoms with Gasteiger partial charge < -0.3 is 10.2 Å². The Morgan fingerprint density at radius 1 is 1.13 bits per heavy atom. The van der Waals surface area contributed by atoms with E-state index in [0.717, 1.165) is 6.54 Å². The number of non-ortho nitro benzene ring substituents is 1. The second kappa shape index (κ2) is 9.82. The summed E-state index contributed by atoms with van der Waals surface area (Å²) in [7, 11) is -3.57. The third kappa shape index (κ3) is 5.75. The van der Waals surface area contributed by atoms with Gasteiger partial charge in [0.2, 0.25) is 15.9 Å². The van der Waals surface area contributed by atoms with Crippen LogP contribution in [0.25, 0.3) is 6.08 Å². The van der Waals surface area contributed by atoms with E-state index in [1.54, 1.807) is 6.07 Å². The van der Waals surface area contributed by atoms with E-state index in [9.17, 15) is 23.3 Å². The number of piperazine rings is 1. The van der Waals surface area contributed by atoms with Crippen LogP contribution < -0.4 is 5.32 Å². The summed E-state index contributed by atoms with van der Waals surface area (Å²) in [4.78, 5) is 24.8. The van der Waals surface area contributed by atoms with Crippen molar-refractivity contribution < 1.29 is 18.1 Å². The summed E-state index contributed by atoms with van der Waals surface area (Å²) in [5.41, 5.74) is 0.910. The zero-order valence-electron chi connectivity index (χ0n) is 17.1. The molecular weight excluding hydrogens is 420 g/mol. The Morgan fingerprint density at radius 3 is 2.42 bits per heavy atom. The van der Waals surface area contributed by atoms with Crippen LogP contribution in [0.3, 0.4) is 0 Å². The highest BCUT2D eigenvalue weighted by atomic mass is 32.2. The lowest BCUT2D eigenvalue weighted by Crippen LogP contribution is -2.48. The summed E-state index contributed by atoms with van der Waals surface area (Å²) in [5, 5.41) is 13.5. The molecule has 10 heteroatoms. The van der Waals surface area contributed by atoms with Crippen molar-refractivity contribution in [1.82, 2.24) is 9.21 Å². The van der Waals surface area contributed by atoms with Gasteiger partial charge in [-0.15, -0.1) is 0 Å². The van der Waals surface area contributed by atoms with Crippen molar-refractivity contribution in [1.29, 1.82) is 0 Å². The fraction of sp³-hybridized carbons (Fsp3) is 0.286. The number of benzene rings is 2. The molecule has 1 fully saturated rings. The molecule has 1 N–H and O–H groups in total. The maximum Gasteiger partial charge on any atom is 0.270 e. The Labute approximate surface area is 181 Å². The van der Waals surface area contributed by atoms with Crippen LogP contribution in [0.15, 0.2) is 59.5 Å². The van der Waals surface area contributed by atoms with Crippen LogP contribution in [-0.2, 0) is 14.8 Å². The second-order valence-electron chi connectivity index (χ2n) is 7.04. The molecule has 164 valence electrons. The lowest BCUT2D eigenvalue weighted by atomic mass is 10.2. The molecule has 0 spiro atoms. The van der Waals surface area contributed by atoms with Gasteiger partial charge in [-0.2, -0.15) is 4.31 Å². The van der Waals surface area contributed by atoms with Gasteiger partial charge in [-0.3, -0.25) is 14.9 Å². The third-order valence-corrected chi connectivity index (χ3v) is 6.96. The van der Waals surface area contributed by atoms with E-state index in [0.29, 0.717) is 37.4 Å². The van der Waals surface area contributed by atoms with Crippen molar-refractivity contribution in [2.24, 2.45) is 0 Å². The molecule has 0 saturated carbocycles. The van der Waals surface area contributed by atoms with Gasteiger partial charge in [0.25, 0.3) is 5.69 Å². The molecular formula is C21H24N4O5S. The number of sulfonamides is 1. The number of nitro benzene ring substituents is 1. The van der Waals surface area contributed by atoms with Gasteiger partial charge in [0.15, 0.2) is 0 Å². The molecule has 0 aliphatic carbocycles. The molecule has 1 amide bonds. The van der Waals surface area contributed by atoms with Crippen molar-refractivity contribution in [2.75, 3.05) is 38.0 Å². The van der Waals surface area contributed by atoms with Gasteiger partial charge in [-0.1, -0.05) is 19.1 Å². The van der Waals surface area contributed by atoms with E-state index in [4.69, 9.17) is 0 Å². The Morgan fingerprint density at radius 2 is 1.81 bits per heavy atom. The Hall–Kier alpha value is -3.08. The van der Waals surface area contributed by atoms with Crippen molar-refractivity contribution >= 4 is 33.4 Å². The molecule has 0 radical (unpaired) electrons. The van der Waals surface area contributed by atoms with Crippen molar-refractivity contribution in [3.63, 3.8) is 0 Å². The first kappa shape index (κ1) is 22.6. The van der Waals surface area contributed by atoms with Gasteiger partial charge >= 0.3 is 0 Å². The van der Waals surface area contributed by atoms with Crippen molar-refractivity contribution in [2.45, 2.75) is 11.8 Å². The Bertz CT molecular complexity index is 1080. The number of carbonyl (C=O) groups is 1. The number of hydrogen-bond acceptors (Lipinski definition) is 6. The lowest BCUT2D eigenvalue weighted by Gasteiger charge is -2.33. The van der Waals surface area contributed by atoms with Gasteiger partial charge in [0.05, 0.1) is 9.82 Å². The molecule has 1 aliphatic heterocycles. The number of nitrogens with one attached hydrogen (secondary N) is 1. The average Bonchev–Trinajstić information content (AvgIpc) is 2.78. The molecule has 31 heavy (non-hydrogen) atoms. The van der Waals surface area contributed by atoms with Gasteiger partial charge in [0, 0.05) is 50.1 Å². The van der Waals surface area contributed by atoms with E-state index < -0.39 is 20.9 Å². The van der Waals surface area contributed by atoms with Crippen LogP contribution in [0.2, 0.25) is 0 Å². The molecule has 1 aliphatic rings. The summed E-state index contributed by atoms with van der Waals surface area (Å²) in [6, 6.07) is 11.9. The number of carbonyl (C=O) groups excluding carboxylic acids is 1. The first-order valence-corrected chi connectivity index (χ1v) is 11.3. The van der Waals surface area contributed by atoms with Gasteiger partial charge in [0.1, 0.15) is 0 Å². The minimum absolute atomic E-state index is 0.0598. The number of nitrogens with zero attached hydrogens (tertiary/aromatic N) is 3. The molecule has 3 rings (SSSR count). The van der Waals surface area contributed by atoms with Crippen LogP contribution >= 0.6 is 0 Å². The fourth-order valence-corrected chi connectivity index (χ4v) is 4.67. The highest BCUT2D eigenvalue weighted by molar-refractivity contribution is 7.89. The van der Waals surface area contributed by atoms with Gasteiger partial charge in [-0.25, -0.2) is 8.42 Å². The Kier molecular flexibility index (Phi) is 7.16. The predicted octanol–water partition coefficient (Wildman–Crippen LogP) is 2.57. The van der Waals surface area contributed by atoms with E-state index in [1.807, 2.05) is 0 Å². The molecule has 1 heterocycles. The van der Waals surface area contributed by atoms with E-state index in [2.05, 4.69) is 17.1 Å². The number of nitro groups is 1. The van der Waals surface area contributed by atoms with Crippen LogP contribution in [-0.4, -0.2) is 61.2 Å².